The Morgan fingerprint density at radius 1 is 0.980 bits per heavy atom. The number of aromatic nitrogens is 2. The normalized spacial score (nSPS) is 16.6. The van der Waals surface area contributed by atoms with Crippen molar-refractivity contribution < 1.29 is 36.0 Å². The molecule has 0 radical (unpaired) electrons. The van der Waals surface area contributed by atoms with Crippen molar-refractivity contribution >= 4 is 60.8 Å². The molecular weight excluding hydrogens is 681 g/mol. The van der Waals surface area contributed by atoms with Gasteiger partial charge in [0.15, 0.2) is 11.5 Å². The number of hydrogen-bond acceptors (Lipinski definition) is 13. The minimum Gasteiger partial charge on any atom is -0.462 e. The summed E-state index contributed by atoms with van der Waals surface area (Å²) in [6.07, 6.45) is 0. The molecule has 6 rings (SSSR count). The van der Waals surface area contributed by atoms with Gasteiger partial charge >= 0.3 is 5.97 Å². The molecule has 252 valence electrons. The fourth-order valence-electron chi connectivity index (χ4n) is 5.19. The number of H-pyrrole nitrogens is 1. The Balaban J connectivity index is 1.20. The summed E-state index contributed by atoms with van der Waals surface area (Å²) in [5, 5.41) is 13.7. The minimum absolute atomic E-state index is 0.0675. The number of esters is 1. The summed E-state index contributed by atoms with van der Waals surface area (Å²) in [6, 6.07) is 18.1. The van der Waals surface area contributed by atoms with Crippen LogP contribution in [0.2, 0.25) is 0 Å². The third kappa shape index (κ3) is 5.95. The summed E-state index contributed by atoms with van der Waals surface area (Å²) < 4.78 is 59.6. The number of anilines is 1. The van der Waals surface area contributed by atoms with Crippen molar-refractivity contribution in [3.63, 3.8) is 0 Å². The number of ether oxygens (including phenoxy) is 1. The lowest BCUT2D eigenvalue weighted by molar-refractivity contribution is -0.138. The van der Waals surface area contributed by atoms with Gasteiger partial charge in [-0.3, -0.25) is 19.5 Å². The van der Waals surface area contributed by atoms with Gasteiger partial charge in [-0.05, 0) is 48.9 Å². The molecule has 19 heteroatoms. The first-order chi connectivity index (χ1) is 23.3. The second-order valence-corrected chi connectivity index (χ2v) is 14.0. The summed E-state index contributed by atoms with van der Waals surface area (Å²) in [5.41, 5.74) is 6.16. The van der Waals surface area contributed by atoms with Crippen molar-refractivity contribution in [2.45, 2.75) is 22.8 Å². The molecule has 3 heterocycles. The Morgan fingerprint density at radius 2 is 1.65 bits per heavy atom. The Morgan fingerprint density at radius 3 is 2.33 bits per heavy atom. The molecule has 2 aliphatic rings. The van der Waals surface area contributed by atoms with Crippen molar-refractivity contribution in [1.29, 1.82) is 0 Å². The third-order valence-corrected chi connectivity index (χ3v) is 10.6. The molecule has 1 unspecified atom stereocenters. The molecule has 2 aliphatic heterocycles. The van der Waals surface area contributed by atoms with E-state index in [-0.39, 0.29) is 50.5 Å². The number of nitrogens with one attached hydrogen (secondary N) is 3. The molecule has 0 saturated carbocycles. The molecule has 17 nitrogen and oxygen atoms in total. The number of benzene rings is 3. The largest absolute Gasteiger partial charge is 0.462 e. The van der Waals surface area contributed by atoms with E-state index in [1.807, 2.05) is 0 Å². The van der Waals surface area contributed by atoms with Gasteiger partial charge in [0.1, 0.15) is 22.8 Å². The highest BCUT2D eigenvalue weighted by molar-refractivity contribution is 7.90. The smallest absolute Gasteiger partial charge is 0.340 e. The second kappa shape index (κ2) is 12.5. The van der Waals surface area contributed by atoms with Crippen LogP contribution >= 0.6 is 0 Å². The molecule has 0 fully saturated rings. The molecular formula is C30H26N8O9S2. The zero-order valence-electron chi connectivity index (χ0n) is 25.4. The third-order valence-electron chi connectivity index (χ3n) is 7.45. The van der Waals surface area contributed by atoms with E-state index in [1.165, 1.54) is 36.4 Å². The van der Waals surface area contributed by atoms with Gasteiger partial charge in [-0.2, -0.15) is 5.11 Å². The van der Waals surface area contributed by atoms with E-state index < -0.39 is 56.0 Å². The molecule has 1 atom stereocenters. The monoisotopic (exact) mass is 706 g/mol. The van der Waals surface area contributed by atoms with Crippen molar-refractivity contribution in [2.24, 2.45) is 16.0 Å². The maximum Gasteiger partial charge on any atom is 0.340 e. The van der Waals surface area contributed by atoms with Crippen LogP contribution in [0.25, 0.3) is 5.82 Å². The van der Waals surface area contributed by atoms with Crippen molar-refractivity contribution in [3.8, 4) is 0 Å². The van der Waals surface area contributed by atoms with E-state index >= 15 is 0 Å². The maximum absolute atomic E-state index is 12.9. The van der Waals surface area contributed by atoms with Crippen LogP contribution in [0.3, 0.4) is 0 Å². The highest BCUT2D eigenvalue weighted by Crippen LogP contribution is 2.38. The first-order valence-electron chi connectivity index (χ1n) is 14.4. The van der Waals surface area contributed by atoms with E-state index in [2.05, 4.69) is 20.6 Å². The highest BCUT2D eigenvalue weighted by atomic mass is 32.2. The van der Waals surface area contributed by atoms with E-state index in [4.69, 9.17) is 10.5 Å². The zero-order chi connectivity index (χ0) is 35.1. The fourth-order valence-corrected chi connectivity index (χ4v) is 7.69. The number of carbonyl (C=O) groups excluding carboxylic acids is 3. The molecule has 1 aromatic heterocycles. The highest BCUT2D eigenvalue weighted by Gasteiger charge is 2.42. The molecule has 0 spiro atoms. The van der Waals surface area contributed by atoms with Crippen molar-refractivity contribution in [2.75, 3.05) is 18.5 Å². The number of rotatable bonds is 9. The van der Waals surface area contributed by atoms with Gasteiger partial charge in [0.25, 0.3) is 37.4 Å². The van der Waals surface area contributed by atoms with Gasteiger partial charge in [-0.25, -0.2) is 35.3 Å². The molecule has 3 aromatic carbocycles. The van der Waals surface area contributed by atoms with Gasteiger partial charge in [0.05, 0.1) is 28.8 Å². The average molecular weight is 707 g/mol. The van der Waals surface area contributed by atoms with Crippen LogP contribution in [0.5, 0.6) is 0 Å². The standard InChI is InChI=1S/C30H26N8O9S2/c1-2-47-30(42)23-24(17-8-4-3-5-9-17)32-27-25(28(40)35-38(27)26(23)31)34-33-18-12-14-19(15-13-18)48(43,44)36-22(39)16-37-29(41)20-10-6-7-11-21(20)49(37,45)46/h3-15,24,32H,2,16,31H2,1H3,(H,35,40)(H,36,39). The number of nitrogens with zero attached hydrogens (tertiary/aromatic N) is 4. The molecule has 2 amide bonds. The summed E-state index contributed by atoms with van der Waals surface area (Å²) in [4.78, 5) is 50.3. The number of amides is 2. The number of nitrogens with two attached hydrogens (primary N) is 1. The van der Waals surface area contributed by atoms with E-state index in [0.717, 1.165) is 16.8 Å². The van der Waals surface area contributed by atoms with E-state index in [9.17, 15) is 36.0 Å². The van der Waals surface area contributed by atoms with Crippen molar-refractivity contribution in [1.82, 2.24) is 18.8 Å². The number of sulfonamides is 2. The van der Waals surface area contributed by atoms with Crippen LogP contribution < -0.4 is 21.3 Å². The molecule has 5 N–H and O–H groups in total. The van der Waals surface area contributed by atoms with Crippen LogP contribution in [0.1, 0.15) is 28.9 Å². The van der Waals surface area contributed by atoms with Crippen LogP contribution in [-0.4, -0.2) is 61.9 Å². The fraction of sp³-hybridized carbons (Fsp3) is 0.133. The van der Waals surface area contributed by atoms with Crippen LogP contribution in [0.4, 0.5) is 17.2 Å². The Labute approximate surface area is 278 Å². The number of hydrogen-bond donors (Lipinski definition) is 4. The van der Waals surface area contributed by atoms with E-state index in [0.29, 0.717) is 9.87 Å². The van der Waals surface area contributed by atoms with Crippen LogP contribution in [-0.2, 0) is 34.4 Å². The summed E-state index contributed by atoms with van der Waals surface area (Å²) in [7, 11) is -8.84. The van der Waals surface area contributed by atoms with Gasteiger partial charge in [0, 0.05) is 0 Å². The molecule has 0 saturated heterocycles. The van der Waals surface area contributed by atoms with Gasteiger partial charge in [0.2, 0.25) is 0 Å². The van der Waals surface area contributed by atoms with Crippen LogP contribution in [0, 0.1) is 0 Å². The lowest BCUT2D eigenvalue weighted by Crippen LogP contribution is -2.42. The first kappa shape index (κ1) is 32.8. The Bertz CT molecular complexity index is 2350. The summed E-state index contributed by atoms with van der Waals surface area (Å²) >= 11 is 0. The van der Waals surface area contributed by atoms with Gasteiger partial charge in [-0.1, -0.05) is 42.5 Å². The molecule has 0 aliphatic carbocycles. The molecule has 4 aromatic rings. The van der Waals surface area contributed by atoms with Crippen LogP contribution in [0.15, 0.2) is 109 Å². The van der Waals surface area contributed by atoms with Gasteiger partial charge in [-0.15, -0.1) is 5.11 Å². The number of fused-ring (bicyclic) bond motifs is 2. The Kier molecular flexibility index (Phi) is 8.38. The lowest BCUT2D eigenvalue weighted by atomic mass is 9.97. The molecule has 49 heavy (non-hydrogen) atoms. The summed E-state index contributed by atoms with van der Waals surface area (Å²) in [6.45, 7) is 0.684. The lowest BCUT2D eigenvalue weighted by Gasteiger charge is -2.29. The number of carbonyl (C=O) groups is 3. The SMILES string of the molecule is CCOC(=O)C1=C(N)n2[nH]c(=O)c(N=Nc3ccc(S(=O)(=O)NC(=O)CN4C(=O)c5ccccc5S4(=O)=O)cc3)c2NC1c1ccccc1. The number of aromatic amines is 1. The molecule has 0 bridgehead atoms. The van der Waals surface area contributed by atoms with Crippen molar-refractivity contribution in [3.05, 3.63) is 106 Å². The minimum atomic E-state index is -4.50. The van der Waals surface area contributed by atoms with Gasteiger partial charge < -0.3 is 15.8 Å². The summed E-state index contributed by atoms with van der Waals surface area (Å²) in [5.74, 6) is -2.88. The second-order valence-electron chi connectivity index (χ2n) is 10.5. The quantitative estimate of drug-likeness (QED) is 0.145. The topological polar surface area (TPSA) is 245 Å². The predicted octanol–water partition coefficient (Wildman–Crippen LogP) is 2.10. The zero-order valence-corrected chi connectivity index (χ0v) is 27.0. The van der Waals surface area contributed by atoms with E-state index in [1.54, 1.807) is 42.0 Å². The number of azo groups is 1. The predicted molar refractivity (Wildman–Crippen MR) is 173 cm³/mol. The Hall–Kier alpha value is -6.08. The first-order valence-corrected chi connectivity index (χ1v) is 17.3. The maximum atomic E-state index is 12.9. The average Bonchev–Trinajstić information content (AvgIpc) is 3.49.